The zero-order chi connectivity index (χ0) is 29.9. The van der Waals surface area contributed by atoms with Gasteiger partial charge in [0, 0.05) is 23.7 Å². The molecule has 0 aliphatic carbocycles. The van der Waals surface area contributed by atoms with E-state index >= 15 is 0 Å². The van der Waals surface area contributed by atoms with E-state index in [0.717, 1.165) is 29.3 Å². The van der Waals surface area contributed by atoms with Crippen LogP contribution in [0.4, 0.5) is 22.0 Å². The van der Waals surface area contributed by atoms with Crippen molar-refractivity contribution in [2.45, 2.75) is 32.1 Å². The Labute approximate surface area is 238 Å². The van der Waals surface area contributed by atoms with Gasteiger partial charge in [-0.1, -0.05) is 60.7 Å². The fourth-order valence-corrected chi connectivity index (χ4v) is 4.84. The molecule has 9 heteroatoms. The molecule has 1 amide bonds. The smallest absolute Gasteiger partial charge is 0.350 e. The third kappa shape index (κ3) is 6.40. The van der Waals surface area contributed by atoms with Gasteiger partial charge in [0.05, 0.1) is 11.1 Å². The predicted octanol–water partition coefficient (Wildman–Crippen LogP) is 7.07. The monoisotopic (exact) mass is 576 g/mol. The van der Waals surface area contributed by atoms with Crippen LogP contribution in [0.1, 0.15) is 22.4 Å². The van der Waals surface area contributed by atoms with E-state index in [1.165, 1.54) is 30.3 Å². The number of para-hydroxylation sites is 1. The molecule has 1 heterocycles. The highest BCUT2D eigenvalue weighted by molar-refractivity contribution is 5.82. The van der Waals surface area contributed by atoms with Crippen molar-refractivity contribution in [2.24, 2.45) is 0 Å². The van der Waals surface area contributed by atoms with Crippen LogP contribution in [0.15, 0.2) is 102 Å². The van der Waals surface area contributed by atoms with Crippen molar-refractivity contribution < 1.29 is 26.7 Å². The van der Waals surface area contributed by atoms with E-state index in [2.05, 4.69) is 5.32 Å². The molecule has 0 saturated heterocycles. The summed E-state index contributed by atoms with van der Waals surface area (Å²) < 4.78 is 68.2. The molecule has 1 N–H and O–H groups in total. The van der Waals surface area contributed by atoms with Gasteiger partial charge in [0.15, 0.2) is 17.1 Å². The Morgan fingerprint density at radius 1 is 0.786 bits per heavy atom. The van der Waals surface area contributed by atoms with E-state index in [1.807, 2.05) is 0 Å². The quantitative estimate of drug-likeness (QED) is 0.201. The minimum absolute atomic E-state index is 0.106. The summed E-state index contributed by atoms with van der Waals surface area (Å²) in [7, 11) is 0. The standard InChI is InChI=1S/C33H25F5N2O2/c34-28-6-3-4-24(32(28)35)14-17-26-18-30(41)27-5-1-2-7-29(27)40(26)20-31(42)39-19-21-8-10-22(11-9-21)23-12-15-25(16-13-23)33(36,37)38/h1-13,15-16,18H,14,17,19-20H2,(H,39,42). The van der Waals surface area contributed by atoms with Gasteiger partial charge in [-0.2, -0.15) is 13.2 Å². The van der Waals surface area contributed by atoms with Crippen LogP contribution < -0.4 is 10.7 Å². The number of aromatic nitrogens is 1. The van der Waals surface area contributed by atoms with Crippen molar-refractivity contribution in [2.75, 3.05) is 0 Å². The molecule has 0 atom stereocenters. The van der Waals surface area contributed by atoms with Gasteiger partial charge in [0.2, 0.25) is 5.91 Å². The van der Waals surface area contributed by atoms with E-state index in [1.54, 1.807) is 53.1 Å². The lowest BCUT2D eigenvalue weighted by Crippen LogP contribution is -2.29. The number of pyridine rings is 1. The van der Waals surface area contributed by atoms with Gasteiger partial charge < -0.3 is 9.88 Å². The van der Waals surface area contributed by atoms with Gasteiger partial charge in [-0.25, -0.2) is 8.78 Å². The van der Waals surface area contributed by atoms with E-state index in [9.17, 15) is 31.5 Å². The number of hydrogen-bond donors (Lipinski definition) is 1. The normalized spacial score (nSPS) is 11.5. The number of hydrogen-bond acceptors (Lipinski definition) is 2. The third-order valence-corrected chi connectivity index (χ3v) is 7.08. The second-order valence-corrected chi connectivity index (χ2v) is 9.86. The Balaban J connectivity index is 1.30. The molecule has 4 nitrogen and oxygen atoms in total. The molecule has 0 fully saturated rings. The average Bonchev–Trinajstić information content (AvgIpc) is 2.98. The second kappa shape index (κ2) is 12.0. The third-order valence-electron chi connectivity index (χ3n) is 7.08. The number of carbonyl (C=O) groups excluding carboxylic acids is 1. The summed E-state index contributed by atoms with van der Waals surface area (Å²) in [5.41, 5.74) is 2.44. The van der Waals surface area contributed by atoms with Gasteiger partial charge in [-0.05, 0) is 65.4 Å². The van der Waals surface area contributed by atoms with E-state index in [0.29, 0.717) is 22.2 Å². The number of aryl methyl sites for hydroxylation is 2. The average molecular weight is 577 g/mol. The van der Waals surface area contributed by atoms with Gasteiger partial charge in [-0.3, -0.25) is 9.59 Å². The van der Waals surface area contributed by atoms with Crippen molar-refractivity contribution in [3.63, 3.8) is 0 Å². The van der Waals surface area contributed by atoms with E-state index in [-0.39, 0.29) is 42.8 Å². The molecule has 0 saturated carbocycles. The van der Waals surface area contributed by atoms with Gasteiger partial charge in [0.1, 0.15) is 6.54 Å². The van der Waals surface area contributed by atoms with Crippen LogP contribution in [-0.2, 0) is 36.9 Å². The molecule has 1 aromatic heterocycles. The summed E-state index contributed by atoms with van der Waals surface area (Å²) in [5, 5.41) is 3.29. The van der Waals surface area contributed by atoms with Gasteiger partial charge in [0.25, 0.3) is 0 Å². The van der Waals surface area contributed by atoms with E-state index < -0.39 is 23.4 Å². The summed E-state index contributed by atoms with van der Waals surface area (Å²) in [6, 6.07) is 24.2. The second-order valence-electron chi connectivity index (χ2n) is 9.86. The van der Waals surface area contributed by atoms with Crippen LogP contribution in [-0.4, -0.2) is 10.5 Å². The Kier molecular flexibility index (Phi) is 8.20. The number of carbonyl (C=O) groups is 1. The Bertz CT molecular complexity index is 1790. The predicted molar refractivity (Wildman–Crippen MR) is 151 cm³/mol. The molecule has 0 aliphatic heterocycles. The van der Waals surface area contributed by atoms with Crippen LogP contribution in [0.2, 0.25) is 0 Å². The van der Waals surface area contributed by atoms with E-state index in [4.69, 9.17) is 0 Å². The van der Waals surface area contributed by atoms with Gasteiger partial charge in [-0.15, -0.1) is 0 Å². The van der Waals surface area contributed by atoms with Crippen molar-refractivity contribution in [3.8, 4) is 11.1 Å². The molecule has 5 aromatic rings. The largest absolute Gasteiger partial charge is 0.416 e. The highest BCUT2D eigenvalue weighted by Gasteiger charge is 2.30. The number of nitrogens with zero attached hydrogens (tertiary/aromatic N) is 1. The number of amides is 1. The fourth-order valence-electron chi connectivity index (χ4n) is 4.84. The zero-order valence-electron chi connectivity index (χ0n) is 22.2. The molecule has 0 radical (unpaired) electrons. The molecule has 4 aromatic carbocycles. The number of alkyl halides is 3. The van der Waals surface area contributed by atoms with Crippen molar-refractivity contribution >= 4 is 16.8 Å². The lowest BCUT2D eigenvalue weighted by Gasteiger charge is -2.17. The Morgan fingerprint density at radius 2 is 1.45 bits per heavy atom. The zero-order valence-corrected chi connectivity index (χ0v) is 22.2. The number of nitrogens with one attached hydrogen (secondary N) is 1. The molecule has 5 rings (SSSR count). The minimum Gasteiger partial charge on any atom is -0.350 e. The Morgan fingerprint density at radius 3 is 2.14 bits per heavy atom. The van der Waals surface area contributed by atoms with Crippen LogP contribution in [0.5, 0.6) is 0 Å². The van der Waals surface area contributed by atoms with Crippen LogP contribution >= 0.6 is 0 Å². The molecule has 214 valence electrons. The maximum absolute atomic E-state index is 14.2. The summed E-state index contributed by atoms with van der Waals surface area (Å²) in [5.74, 6) is -2.21. The summed E-state index contributed by atoms with van der Waals surface area (Å²) in [4.78, 5) is 25.8. The fraction of sp³-hybridized carbons (Fsp3) is 0.152. The number of fused-ring (bicyclic) bond motifs is 1. The lowest BCUT2D eigenvalue weighted by atomic mass is 10.0. The first-order valence-corrected chi connectivity index (χ1v) is 13.2. The first-order chi connectivity index (χ1) is 20.1. The number of halogens is 5. The van der Waals surface area contributed by atoms with Crippen molar-refractivity contribution in [1.29, 1.82) is 0 Å². The molecule has 0 bridgehead atoms. The number of rotatable bonds is 8. The van der Waals surface area contributed by atoms with Crippen LogP contribution in [0.3, 0.4) is 0 Å². The highest BCUT2D eigenvalue weighted by Crippen LogP contribution is 2.31. The van der Waals surface area contributed by atoms with Crippen LogP contribution in [0, 0.1) is 11.6 Å². The summed E-state index contributed by atoms with van der Waals surface area (Å²) in [6.45, 7) is 0.0967. The molecule has 0 aliphatic rings. The maximum atomic E-state index is 14.2. The van der Waals surface area contributed by atoms with Gasteiger partial charge >= 0.3 is 6.18 Å². The molecule has 0 unspecified atom stereocenters. The molecular weight excluding hydrogens is 551 g/mol. The van der Waals surface area contributed by atoms with Crippen molar-refractivity contribution in [1.82, 2.24) is 9.88 Å². The minimum atomic E-state index is -4.40. The molecule has 42 heavy (non-hydrogen) atoms. The summed E-state index contributed by atoms with van der Waals surface area (Å²) >= 11 is 0. The molecule has 0 spiro atoms. The molecular formula is C33H25F5N2O2. The highest BCUT2D eigenvalue weighted by atomic mass is 19.4. The first-order valence-electron chi connectivity index (χ1n) is 13.2. The number of benzene rings is 4. The van der Waals surface area contributed by atoms with Crippen molar-refractivity contribution in [3.05, 3.63) is 141 Å². The Hall–Kier alpha value is -4.79. The topological polar surface area (TPSA) is 51.1 Å². The SMILES string of the molecule is O=C(Cn1c(CCc2cccc(F)c2F)cc(=O)c2ccccc21)NCc1ccc(-c2ccc(C(F)(F)F)cc2)cc1. The summed E-state index contributed by atoms with van der Waals surface area (Å²) in [6.07, 6.45) is -4.06. The van der Waals surface area contributed by atoms with Crippen LogP contribution in [0.25, 0.3) is 22.0 Å². The lowest BCUT2D eigenvalue weighted by molar-refractivity contribution is -0.137. The first kappa shape index (κ1) is 28.7. The maximum Gasteiger partial charge on any atom is 0.416 e.